The van der Waals surface area contributed by atoms with Crippen molar-refractivity contribution in [3.63, 3.8) is 0 Å². The Morgan fingerprint density at radius 3 is 2.26 bits per heavy atom. The van der Waals surface area contributed by atoms with Gasteiger partial charge in [-0.05, 0) is 12.2 Å². The summed E-state index contributed by atoms with van der Waals surface area (Å²) in [6.07, 6.45) is 7.96. The Morgan fingerprint density at radius 1 is 0.947 bits per heavy atom. The highest BCUT2D eigenvalue weighted by Gasteiger charge is 2.46. The molecule has 0 fully saturated rings. The first kappa shape index (κ1) is 10.5. The number of allylic oxidation sites excluding steroid dienone is 3. The Kier molecular flexibility index (Phi) is 1.83. The third-order valence-corrected chi connectivity index (χ3v) is 3.78. The van der Waals surface area contributed by atoms with E-state index in [2.05, 4.69) is 0 Å². The van der Waals surface area contributed by atoms with Gasteiger partial charge < -0.3 is 4.74 Å². The summed E-state index contributed by atoms with van der Waals surface area (Å²) in [6, 6.07) is 6.91. The molecule has 0 unspecified atom stereocenters. The van der Waals surface area contributed by atoms with Crippen LogP contribution in [-0.2, 0) is 4.74 Å². The number of carbonyl (C=O) groups is 2. The van der Waals surface area contributed by atoms with Crippen molar-refractivity contribution in [2.24, 2.45) is 0 Å². The summed E-state index contributed by atoms with van der Waals surface area (Å²) in [4.78, 5) is 24.8. The summed E-state index contributed by atoms with van der Waals surface area (Å²) >= 11 is 0. The van der Waals surface area contributed by atoms with Gasteiger partial charge in [0.05, 0.1) is 5.57 Å². The molecule has 0 bridgehead atoms. The zero-order chi connectivity index (χ0) is 13.0. The van der Waals surface area contributed by atoms with Gasteiger partial charge in [-0.25, -0.2) is 0 Å². The fraction of sp³-hybridized carbons (Fsp3) is 0.125. The number of hydrogen-bond donors (Lipinski definition) is 0. The Labute approximate surface area is 109 Å². The van der Waals surface area contributed by atoms with Crippen molar-refractivity contribution in [3.8, 4) is 0 Å². The smallest absolute Gasteiger partial charge is 0.228 e. The fourth-order valence-corrected chi connectivity index (χ4v) is 2.85. The summed E-state index contributed by atoms with van der Waals surface area (Å²) in [6.45, 7) is 0. The van der Waals surface area contributed by atoms with E-state index in [1.54, 1.807) is 24.3 Å². The van der Waals surface area contributed by atoms with E-state index in [4.69, 9.17) is 4.74 Å². The lowest BCUT2D eigenvalue weighted by Crippen LogP contribution is -2.21. The van der Waals surface area contributed by atoms with Crippen LogP contribution in [0.15, 0.2) is 59.9 Å². The van der Waals surface area contributed by atoms with Crippen molar-refractivity contribution < 1.29 is 14.3 Å². The van der Waals surface area contributed by atoms with E-state index < -0.39 is 5.60 Å². The summed E-state index contributed by atoms with van der Waals surface area (Å²) in [5.74, 6) is -0.0496. The van der Waals surface area contributed by atoms with Crippen LogP contribution in [0.4, 0.5) is 0 Å². The van der Waals surface area contributed by atoms with Crippen LogP contribution in [0.1, 0.15) is 27.1 Å². The summed E-state index contributed by atoms with van der Waals surface area (Å²) in [5.41, 5.74) is 0.796. The molecule has 92 valence electrons. The Morgan fingerprint density at radius 2 is 1.58 bits per heavy atom. The zero-order valence-corrected chi connectivity index (χ0v) is 10.1. The van der Waals surface area contributed by atoms with E-state index in [-0.39, 0.29) is 17.3 Å². The van der Waals surface area contributed by atoms with Gasteiger partial charge in [0.25, 0.3) is 0 Å². The summed E-state index contributed by atoms with van der Waals surface area (Å²) in [5, 5.41) is 0. The van der Waals surface area contributed by atoms with E-state index in [0.29, 0.717) is 23.1 Å². The predicted octanol–water partition coefficient (Wildman–Crippen LogP) is 2.60. The molecule has 3 heteroatoms. The molecule has 19 heavy (non-hydrogen) atoms. The number of ether oxygens (including phenoxy) is 1. The van der Waals surface area contributed by atoms with Gasteiger partial charge in [-0.3, -0.25) is 9.59 Å². The second-order valence-electron chi connectivity index (χ2n) is 4.96. The molecule has 0 N–H and O–H groups in total. The van der Waals surface area contributed by atoms with Gasteiger partial charge in [0, 0.05) is 17.5 Å². The van der Waals surface area contributed by atoms with Crippen LogP contribution in [0.5, 0.6) is 0 Å². The number of hydrogen-bond acceptors (Lipinski definition) is 3. The third kappa shape index (κ3) is 1.27. The molecule has 1 spiro atoms. The average molecular weight is 250 g/mol. The highest BCUT2D eigenvalue weighted by Crippen LogP contribution is 2.43. The van der Waals surface area contributed by atoms with Crippen molar-refractivity contribution in [1.29, 1.82) is 0 Å². The van der Waals surface area contributed by atoms with E-state index in [0.717, 1.165) is 0 Å². The molecular formula is C16H10O3. The van der Waals surface area contributed by atoms with Crippen molar-refractivity contribution in [1.82, 2.24) is 0 Å². The molecule has 1 aromatic carbocycles. The fourth-order valence-electron chi connectivity index (χ4n) is 2.85. The van der Waals surface area contributed by atoms with Crippen LogP contribution in [-0.4, -0.2) is 17.2 Å². The SMILES string of the molecule is O=C1C2=C(OC3(C=CC=C3)C2)C(=O)c2ccccc21. The molecule has 2 aliphatic carbocycles. The molecule has 0 saturated carbocycles. The van der Waals surface area contributed by atoms with E-state index in [1.807, 2.05) is 24.3 Å². The molecule has 0 radical (unpaired) electrons. The molecule has 3 nitrogen and oxygen atoms in total. The van der Waals surface area contributed by atoms with Crippen LogP contribution in [0.3, 0.4) is 0 Å². The topological polar surface area (TPSA) is 43.4 Å². The Balaban J connectivity index is 1.86. The second kappa shape index (κ2) is 3.32. The normalized spacial score (nSPS) is 21.9. The minimum absolute atomic E-state index is 0.0872. The van der Waals surface area contributed by atoms with Gasteiger partial charge in [0.1, 0.15) is 0 Å². The highest BCUT2D eigenvalue weighted by molar-refractivity contribution is 6.26. The number of benzene rings is 1. The molecule has 1 aliphatic heterocycles. The average Bonchev–Trinajstić information content (AvgIpc) is 3.04. The molecule has 4 rings (SSSR count). The molecule has 0 amide bonds. The molecule has 1 aromatic rings. The van der Waals surface area contributed by atoms with Crippen LogP contribution in [0.2, 0.25) is 0 Å². The first-order chi connectivity index (χ1) is 9.20. The maximum absolute atomic E-state index is 12.4. The van der Waals surface area contributed by atoms with Crippen LogP contribution < -0.4 is 0 Å². The number of fused-ring (bicyclic) bond motifs is 1. The van der Waals surface area contributed by atoms with Gasteiger partial charge in [0.2, 0.25) is 5.78 Å². The van der Waals surface area contributed by atoms with Gasteiger partial charge in [-0.2, -0.15) is 0 Å². The molecule has 3 aliphatic rings. The lowest BCUT2D eigenvalue weighted by Gasteiger charge is -2.19. The maximum Gasteiger partial charge on any atom is 0.228 e. The van der Waals surface area contributed by atoms with Crippen LogP contribution in [0.25, 0.3) is 0 Å². The quantitative estimate of drug-likeness (QED) is 0.710. The first-order valence-corrected chi connectivity index (χ1v) is 6.18. The standard InChI is InChI=1S/C16H10O3/c17-13-10-5-1-2-6-11(10)14(18)15-12(13)9-16(19-15)7-3-4-8-16/h1-8H,9H2. The number of Topliss-reactive ketones (excluding diaryl/α,β-unsaturated/α-hetero) is 2. The van der Waals surface area contributed by atoms with Gasteiger partial charge in [-0.15, -0.1) is 0 Å². The first-order valence-electron chi connectivity index (χ1n) is 6.18. The summed E-state index contributed by atoms with van der Waals surface area (Å²) < 4.78 is 5.79. The minimum Gasteiger partial charge on any atom is -0.474 e. The largest absolute Gasteiger partial charge is 0.474 e. The molecule has 0 aromatic heterocycles. The van der Waals surface area contributed by atoms with Crippen LogP contribution >= 0.6 is 0 Å². The highest BCUT2D eigenvalue weighted by atomic mass is 16.5. The predicted molar refractivity (Wildman–Crippen MR) is 68.8 cm³/mol. The van der Waals surface area contributed by atoms with Gasteiger partial charge in [-0.1, -0.05) is 36.4 Å². The van der Waals surface area contributed by atoms with E-state index in [9.17, 15) is 9.59 Å². The maximum atomic E-state index is 12.4. The molecule has 0 atom stereocenters. The van der Waals surface area contributed by atoms with E-state index >= 15 is 0 Å². The van der Waals surface area contributed by atoms with Crippen molar-refractivity contribution >= 4 is 11.6 Å². The van der Waals surface area contributed by atoms with Crippen molar-refractivity contribution in [2.75, 3.05) is 0 Å². The van der Waals surface area contributed by atoms with Gasteiger partial charge in [0.15, 0.2) is 17.1 Å². The molecule has 1 heterocycles. The van der Waals surface area contributed by atoms with Crippen molar-refractivity contribution in [3.05, 3.63) is 71.0 Å². The monoisotopic (exact) mass is 250 g/mol. The van der Waals surface area contributed by atoms with Crippen LogP contribution in [0, 0.1) is 0 Å². The number of carbonyl (C=O) groups excluding carboxylic acids is 2. The minimum atomic E-state index is -0.627. The van der Waals surface area contributed by atoms with Crippen molar-refractivity contribution in [2.45, 2.75) is 12.0 Å². The molecular weight excluding hydrogens is 240 g/mol. The summed E-state index contributed by atoms with van der Waals surface area (Å²) in [7, 11) is 0. The third-order valence-electron chi connectivity index (χ3n) is 3.78. The van der Waals surface area contributed by atoms with E-state index in [1.165, 1.54) is 0 Å². The Bertz CT molecular complexity index is 658. The van der Waals surface area contributed by atoms with Gasteiger partial charge >= 0.3 is 0 Å². The molecule has 0 saturated heterocycles. The number of rotatable bonds is 0. The lowest BCUT2D eigenvalue weighted by atomic mass is 9.85. The second-order valence-corrected chi connectivity index (χ2v) is 4.96. The lowest BCUT2D eigenvalue weighted by molar-refractivity contribution is 0.0779. The zero-order valence-electron chi connectivity index (χ0n) is 10.1. The Hall–Kier alpha value is -2.42. The number of ketones is 2.